The second kappa shape index (κ2) is 5.46. The Bertz CT molecular complexity index is 789. The van der Waals surface area contributed by atoms with E-state index in [1.54, 1.807) is 17.8 Å². The fourth-order valence-corrected chi connectivity index (χ4v) is 3.65. The minimum absolute atomic E-state index is 0.306. The average molecular weight is 346 g/mol. The standard InChI is InChI=1S/C16H12BrNOS/c1-10-8-13(17)16(18-9-10)20-15-7-6-14(19)11-4-2-3-5-12(11)15/h2-9,19H,1H3. The molecule has 0 amide bonds. The maximum atomic E-state index is 9.92. The number of rotatable bonds is 2. The van der Waals surface area contributed by atoms with Crippen molar-refractivity contribution in [2.75, 3.05) is 0 Å². The fraction of sp³-hybridized carbons (Fsp3) is 0.0625. The molecule has 1 aromatic heterocycles. The summed E-state index contributed by atoms with van der Waals surface area (Å²) in [5, 5.41) is 12.7. The van der Waals surface area contributed by atoms with E-state index in [1.165, 1.54) is 0 Å². The number of halogens is 1. The monoisotopic (exact) mass is 345 g/mol. The highest BCUT2D eigenvalue weighted by atomic mass is 79.9. The van der Waals surface area contributed by atoms with Gasteiger partial charge in [0.1, 0.15) is 10.8 Å². The highest BCUT2D eigenvalue weighted by Gasteiger charge is 2.09. The summed E-state index contributed by atoms with van der Waals surface area (Å²) in [4.78, 5) is 5.54. The molecule has 2 nitrogen and oxygen atoms in total. The molecule has 20 heavy (non-hydrogen) atoms. The molecule has 0 radical (unpaired) electrons. The van der Waals surface area contributed by atoms with Crippen LogP contribution in [-0.4, -0.2) is 10.1 Å². The maximum Gasteiger partial charge on any atom is 0.123 e. The van der Waals surface area contributed by atoms with Crippen molar-refractivity contribution in [3.8, 4) is 5.75 Å². The molecular formula is C16H12BrNOS. The third-order valence-corrected chi connectivity index (χ3v) is 4.97. The zero-order valence-corrected chi connectivity index (χ0v) is 13.2. The Balaban J connectivity index is 2.09. The second-order valence-electron chi connectivity index (χ2n) is 4.53. The molecule has 3 aromatic rings. The molecule has 0 saturated heterocycles. The van der Waals surface area contributed by atoms with Gasteiger partial charge in [0.15, 0.2) is 0 Å². The van der Waals surface area contributed by atoms with E-state index in [9.17, 15) is 5.11 Å². The minimum Gasteiger partial charge on any atom is -0.507 e. The van der Waals surface area contributed by atoms with E-state index in [2.05, 4.69) is 27.0 Å². The van der Waals surface area contributed by atoms with Crippen LogP contribution < -0.4 is 0 Å². The molecule has 4 heteroatoms. The van der Waals surface area contributed by atoms with Gasteiger partial charge in [-0.1, -0.05) is 36.0 Å². The van der Waals surface area contributed by atoms with Crippen molar-refractivity contribution in [3.63, 3.8) is 0 Å². The van der Waals surface area contributed by atoms with Crippen molar-refractivity contribution in [3.05, 3.63) is 58.7 Å². The first-order chi connectivity index (χ1) is 9.65. The number of aromatic hydroxyl groups is 1. The second-order valence-corrected chi connectivity index (χ2v) is 6.42. The fourth-order valence-electron chi connectivity index (χ4n) is 2.04. The molecule has 0 saturated carbocycles. The van der Waals surface area contributed by atoms with E-state index in [1.807, 2.05) is 43.5 Å². The Morgan fingerprint density at radius 1 is 1.10 bits per heavy atom. The summed E-state index contributed by atoms with van der Waals surface area (Å²) in [6, 6.07) is 13.5. The van der Waals surface area contributed by atoms with Gasteiger partial charge in [-0.05, 0) is 52.0 Å². The van der Waals surface area contributed by atoms with Crippen molar-refractivity contribution in [1.82, 2.24) is 4.98 Å². The predicted octanol–water partition coefficient (Wildman–Crippen LogP) is 5.16. The van der Waals surface area contributed by atoms with Crippen molar-refractivity contribution < 1.29 is 5.11 Å². The summed E-state index contributed by atoms with van der Waals surface area (Å²) in [5.41, 5.74) is 1.12. The maximum absolute atomic E-state index is 9.92. The summed E-state index contributed by atoms with van der Waals surface area (Å²) in [5.74, 6) is 0.306. The van der Waals surface area contributed by atoms with Crippen LogP contribution in [0.2, 0.25) is 0 Å². The third-order valence-electron chi connectivity index (χ3n) is 3.01. The van der Waals surface area contributed by atoms with Gasteiger partial charge in [-0.25, -0.2) is 4.98 Å². The minimum atomic E-state index is 0.306. The molecule has 0 spiro atoms. The predicted molar refractivity (Wildman–Crippen MR) is 86.4 cm³/mol. The largest absolute Gasteiger partial charge is 0.507 e. The van der Waals surface area contributed by atoms with Gasteiger partial charge >= 0.3 is 0 Å². The molecule has 2 aromatic carbocycles. The number of aryl methyl sites for hydroxylation is 1. The zero-order valence-electron chi connectivity index (χ0n) is 10.8. The number of pyridine rings is 1. The number of benzene rings is 2. The Kier molecular flexibility index (Phi) is 3.68. The van der Waals surface area contributed by atoms with E-state index in [0.717, 1.165) is 30.7 Å². The number of phenols is 1. The van der Waals surface area contributed by atoms with E-state index >= 15 is 0 Å². The molecule has 0 unspecified atom stereocenters. The van der Waals surface area contributed by atoms with Crippen LogP contribution in [0.1, 0.15) is 5.56 Å². The summed E-state index contributed by atoms with van der Waals surface area (Å²) in [7, 11) is 0. The van der Waals surface area contributed by atoms with Gasteiger partial charge in [-0.3, -0.25) is 0 Å². The molecule has 0 bridgehead atoms. The normalized spacial score (nSPS) is 10.9. The molecule has 1 N–H and O–H groups in total. The van der Waals surface area contributed by atoms with Crippen molar-refractivity contribution in [2.24, 2.45) is 0 Å². The lowest BCUT2D eigenvalue weighted by Crippen LogP contribution is -1.85. The number of fused-ring (bicyclic) bond motifs is 1. The van der Waals surface area contributed by atoms with Gasteiger partial charge in [-0.15, -0.1) is 0 Å². The highest BCUT2D eigenvalue weighted by Crippen LogP contribution is 2.38. The SMILES string of the molecule is Cc1cnc(Sc2ccc(O)c3ccccc23)c(Br)c1. The van der Waals surface area contributed by atoms with Gasteiger partial charge in [0.05, 0.1) is 4.47 Å². The molecule has 100 valence electrons. The van der Waals surface area contributed by atoms with Crippen LogP contribution in [0.5, 0.6) is 5.75 Å². The van der Waals surface area contributed by atoms with Crippen LogP contribution in [-0.2, 0) is 0 Å². The average Bonchev–Trinajstić information content (AvgIpc) is 2.45. The number of phenolic OH excluding ortho intramolecular Hbond substituents is 1. The highest BCUT2D eigenvalue weighted by molar-refractivity contribution is 9.10. The van der Waals surface area contributed by atoms with Gasteiger partial charge < -0.3 is 5.11 Å². The lowest BCUT2D eigenvalue weighted by atomic mass is 10.1. The summed E-state index contributed by atoms with van der Waals surface area (Å²) < 4.78 is 0.986. The topological polar surface area (TPSA) is 33.1 Å². The van der Waals surface area contributed by atoms with Crippen molar-refractivity contribution in [2.45, 2.75) is 16.8 Å². The first-order valence-corrected chi connectivity index (χ1v) is 7.77. The van der Waals surface area contributed by atoms with Gasteiger partial charge in [-0.2, -0.15) is 0 Å². The molecule has 0 aliphatic rings. The van der Waals surface area contributed by atoms with Gasteiger partial charge in [0.2, 0.25) is 0 Å². The quantitative estimate of drug-likeness (QED) is 0.696. The van der Waals surface area contributed by atoms with Gasteiger partial charge in [0.25, 0.3) is 0 Å². The summed E-state index contributed by atoms with van der Waals surface area (Å²) in [6.07, 6.45) is 1.86. The van der Waals surface area contributed by atoms with E-state index in [-0.39, 0.29) is 0 Å². The van der Waals surface area contributed by atoms with Crippen LogP contribution in [0, 0.1) is 6.92 Å². The van der Waals surface area contributed by atoms with Crippen LogP contribution >= 0.6 is 27.7 Å². The van der Waals surface area contributed by atoms with Crippen LogP contribution in [0.15, 0.2) is 63.1 Å². The Morgan fingerprint density at radius 2 is 1.85 bits per heavy atom. The first kappa shape index (κ1) is 13.5. The lowest BCUT2D eigenvalue weighted by Gasteiger charge is -2.08. The van der Waals surface area contributed by atoms with Crippen molar-refractivity contribution in [1.29, 1.82) is 0 Å². The Morgan fingerprint density at radius 3 is 2.60 bits per heavy atom. The van der Waals surface area contributed by atoms with E-state index in [0.29, 0.717) is 5.75 Å². The molecule has 1 heterocycles. The molecule has 0 aliphatic carbocycles. The Labute approximate surface area is 130 Å². The molecule has 0 fully saturated rings. The smallest absolute Gasteiger partial charge is 0.123 e. The number of aromatic nitrogens is 1. The third kappa shape index (κ3) is 2.53. The molecular weight excluding hydrogens is 334 g/mol. The van der Waals surface area contributed by atoms with E-state index in [4.69, 9.17) is 0 Å². The van der Waals surface area contributed by atoms with Crippen LogP contribution in [0.25, 0.3) is 10.8 Å². The van der Waals surface area contributed by atoms with Crippen LogP contribution in [0.4, 0.5) is 0 Å². The van der Waals surface area contributed by atoms with E-state index < -0.39 is 0 Å². The lowest BCUT2D eigenvalue weighted by molar-refractivity contribution is 0.481. The molecule has 0 aliphatic heterocycles. The summed E-state index contributed by atoms with van der Waals surface area (Å²) in [6.45, 7) is 2.02. The first-order valence-electron chi connectivity index (χ1n) is 6.16. The zero-order chi connectivity index (χ0) is 14.1. The molecule has 0 atom stereocenters. The van der Waals surface area contributed by atoms with Gasteiger partial charge in [0, 0.05) is 16.5 Å². The van der Waals surface area contributed by atoms with Crippen molar-refractivity contribution >= 4 is 38.5 Å². The number of nitrogens with zero attached hydrogens (tertiary/aromatic N) is 1. The number of hydrogen-bond acceptors (Lipinski definition) is 3. The Hall–Kier alpha value is -1.52. The summed E-state index contributed by atoms with van der Waals surface area (Å²) >= 11 is 5.14. The van der Waals surface area contributed by atoms with Crippen LogP contribution in [0.3, 0.4) is 0 Å². The molecule has 3 rings (SSSR count). The number of hydrogen-bond donors (Lipinski definition) is 1.